The Morgan fingerprint density at radius 1 is 1.42 bits per heavy atom. The monoisotopic (exact) mass is 263 g/mol. The average molecular weight is 263 g/mol. The summed E-state index contributed by atoms with van der Waals surface area (Å²) in [5, 5.41) is 2.93. The number of aryl methyl sites for hydroxylation is 1. The molecule has 1 rings (SSSR count). The largest absolute Gasteiger partial charge is 0.378 e. The molecule has 1 atom stereocenters. The summed E-state index contributed by atoms with van der Waals surface area (Å²) in [6, 6.07) is 5.94. The highest BCUT2D eigenvalue weighted by Crippen LogP contribution is 2.21. The normalized spacial score (nSPS) is 12.1. The van der Waals surface area contributed by atoms with Gasteiger partial charge in [-0.1, -0.05) is 13.3 Å². The van der Waals surface area contributed by atoms with Gasteiger partial charge in [0, 0.05) is 37.9 Å². The van der Waals surface area contributed by atoms with Gasteiger partial charge in [0.25, 0.3) is 0 Å². The predicted molar refractivity (Wildman–Crippen MR) is 81.6 cm³/mol. The number of carbonyl (C=O) groups is 1. The molecule has 3 N–H and O–H groups in total. The Kier molecular flexibility index (Phi) is 5.83. The van der Waals surface area contributed by atoms with Crippen molar-refractivity contribution in [3.05, 3.63) is 23.8 Å². The fourth-order valence-electron chi connectivity index (χ4n) is 1.98. The molecule has 0 bridgehead atoms. The van der Waals surface area contributed by atoms with Gasteiger partial charge in [0.15, 0.2) is 0 Å². The van der Waals surface area contributed by atoms with Gasteiger partial charge < -0.3 is 16.0 Å². The lowest BCUT2D eigenvalue weighted by molar-refractivity contribution is -0.116. The number of hydrogen-bond acceptors (Lipinski definition) is 3. The van der Waals surface area contributed by atoms with Gasteiger partial charge in [-0.15, -0.1) is 0 Å². The number of carbonyl (C=O) groups excluding carboxylic acids is 1. The summed E-state index contributed by atoms with van der Waals surface area (Å²) in [7, 11) is 3.99. The lowest BCUT2D eigenvalue weighted by atomic mass is 10.1. The first kappa shape index (κ1) is 15.5. The molecular weight excluding hydrogens is 238 g/mol. The highest BCUT2D eigenvalue weighted by atomic mass is 16.1. The lowest BCUT2D eigenvalue weighted by Gasteiger charge is -2.16. The van der Waals surface area contributed by atoms with Crippen LogP contribution in [0, 0.1) is 6.92 Å². The molecule has 106 valence electrons. The highest BCUT2D eigenvalue weighted by molar-refractivity contribution is 5.92. The van der Waals surface area contributed by atoms with Crippen LogP contribution in [0.15, 0.2) is 18.2 Å². The van der Waals surface area contributed by atoms with Crippen molar-refractivity contribution in [3.63, 3.8) is 0 Å². The van der Waals surface area contributed by atoms with Gasteiger partial charge in [0.1, 0.15) is 0 Å². The van der Waals surface area contributed by atoms with Gasteiger partial charge in [0.2, 0.25) is 5.91 Å². The zero-order chi connectivity index (χ0) is 14.4. The van der Waals surface area contributed by atoms with E-state index >= 15 is 0 Å². The molecule has 1 aromatic carbocycles. The number of benzene rings is 1. The van der Waals surface area contributed by atoms with E-state index in [-0.39, 0.29) is 11.9 Å². The van der Waals surface area contributed by atoms with E-state index in [0.717, 1.165) is 29.8 Å². The molecule has 0 aliphatic rings. The quantitative estimate of drug-likeness (QED) is 0.829. The molecule has 0 spiro atoms. The summed E-state index contributed by atoms with van der Waals surface area (Å²) in [6.07, 6.45) is 2.26. The summed E-state index contributed by atoms with van der Waals surface area (Å²) in [5.74, 6) is -0.0124. The first-order valence-corrected chi connectivity index (χ1v) is 6.77. The Labute approximate surface area is 116 Å². The van der Waals surface area contributed by atoms with E-state index in [1.54, 1.807) is 0 Å². The van der Waals surface area contributed by atoms with E-state index in [9.17, 15) is 4.79 Å². The Morgan fingerprint density at radius 3 is 2.63 bits per heavy atom. The number of nitrogens with one attached hydrogen (secondary N) is 1. The molecular formula is C15H25N3O. The van der Waals surface area contributed by atoms with Crippen LogP contribution < -0.4 is 16.0 Å². The van der Waals surface area contributed by atoms with Gasteiger partial charge in [-0.25, -0.2) is 0 Å². The minimum atomic E-state index is -0.0497. The summed E-state index contributed by atoms with van der Waals surface area (Å²) in [5.41, 5.74) is 8.92. The van der Waals surface area contributed by atoms with Crippen molar-refractivity contribution in [1.29, 1.82) is 0 Å². The SMILES string of the molecule is CCCC(N)CC(=O)Nc1ccc(N(C)C)cc1C. The zero-order valence-electron chi connectivity index (χ0n) is 12.4. The molecule has 0 fully saturated rings. The van der Waals surface area contributed by atoms with E-state index in [4.69, 9.17) is 5.73 Å². The Morgan fingerprint density at radius 2 is 2.11 bits per heavy atom. The predicted octanol–water partition coefficient (Wildman–Crippen LogP) is 2.52. The number of hydrogen-bond donors (Lipinski definition) is 2. The van der Waals surface area contributed by atoms with Crippen LogP contribution in [0.1, 0.15) is 31.7 Å². The van der Waals surface area contributed by atoms with Gasteiger partial charge in [0.05, 0.1) is 0 Å². The maximum Gasteiger partial charge on any atom is 0.225 e. The third kappa shape index (κ3) is 4.91. The van der Waals surface area contributed by atoms with Crippen LogP contribution in [0.2, 0.25) is 0 Å². The first-order valence-electron chi connectivity index (χ1n) is 6.77. The molecule has 0 radical (unpaired) electrons. The molecule has 0 aromatic heterocycles. The summed E-state index contributed by atoms with van der Waals surface area (Å²) < 4.78 is 0. The van der Waals surface area contributed by atoms with Crippen LogP contribution in [0.3, 0.4) is 0 Å². The van der Waals surface area contributed by atoms with Crippen molar-refractivity contribution in [3.8, 4) is 0 Å². The van der Waals surface area contributed by atoms with Crippen molar-refractivity contribution in [2.45, 2.75) is 39.2 Å². The maximum atomic E-state index is 11.9. The first-order chi connectivity index (χ1) is 8.93. The molecule has 0 aliphatic carbocycles. The summed E-state index contributed by atoms with van der Waals surface area (Å²) >= 11 is 0. The lowest BCUT2D eigenvalue weighted by Crippen LogP contribution is -2.27. The fourth-order valence-corrected chi connectivity index (χ4v) is 1.98. The second kappa shape index (κ2) is 7.14. The topological polar surface area (TPSA) is 58.4 Å². The Balaban J connectivity index is 2.64. The van der Waals surface area contributed by atoms with Crippen molar-refractivity contribution in [2.24, 2.45) is 5.73 Å². The molecule has 1 aromatic rings. The standard InChI is InChI=1S/C15H25N3O/c1-5-6-12(16)10-15(19)17-14-8-7-13(18(3)4)9-11(14)2/h7-9,12H,5-6,10,16H2,1-4H3,(H,17,19). The van der Waals surface area contributed by atoms with Gasteiger partial charge >= 0.3 is 0 Å². The summed E-state index contributed by atoms with van der Waals surface area (Å²) in [4.78, 5) is 13.9. The second-order valence-electron chi connectivity index (χ2n) is 5.19. The van der Waals surface area contributed by atoms with Crippen molar-refractivity contribution in [2.75, 3.05) is 24.3 Å². The highest BCUT2D eigenvalue weighted by Gasteiger charge is 2.10. The molecule has 1 amide bonds. The van der Waals surface area contributed by atoms with E-state index in [2.05, 4.69) is 18.3 Å². The van der Waals surface area contributed by atoms with Crippen LogP contribution in [0.5, 0.6) is 0 Å². The number of nitrogens with two attached hydrogens (primary N) is 1. The van der Waals surface area contributed by atoms with E-state index < -0.39 is 0 Å². The van der Waals surface area contributed by atoms with Crippen LogP contribution in [-0.2, 0) is 4.79 Å². The molecule has 1 unspecified atom stereocenters. The zero-order valence-corrected chi connectivity index (χ0v) is 12.4. The minimum absolute atomic E-state index is 0.0124. The molecule has 0 saturated carbocycles. The molecule has 0 aliphatic heterocycles. The van der Waals surface area contributed by atoms with E-state index in [1.807, 2.05) is 38.1 Å². The van der Waals surface area contributed by atoms with E-state index in [1.165, 1.54) is 0 Å². The number of amides is 1. The van der Waals surface area contributed by atoms with Gasteiger partial charge in [-0.3, -0.25) is 4.79 Å². The smallest absolute Gasteiger partial charge is 0.225 e. The molecule has 4 heteroatoms. The van der Waals surface area contributed by atoms with Gasteiger partial charge in [-0.2, -0.15) is 0 Å². The molecule has 19 heavy (non-hydrogen) atoms. The number of rotatable bonds is 6. The van der Waals surface area contributed by atoms with Crippen LogP contribution in [-0.4, -0.2) is 26.0 Å². The molecule has 0 saturated heterocycles. The average Bonchev–Trinajstić information content (AvgIpc) is 2.31. The number of anilines is 2. The van der Waals surface area contributed by atoms with Crippen LogP contribution in [0.25, 0.3) is 0 Å². The number of nitrogens with zero attached hydrogens (tertiary/aromatic N) is 1. The van der Waals surface area contributed by atoms with E-state index in [0.29, 0.717) is 6.42 Å². The van der Waals surface area contributed by atoms with Crippen molar-refractivity contribution < 1.29 is 4.79 Å². The van der Waals surface area contributed by atoms with Crippen molar-refractivity contribution in [1.82, 2.24) is 0 Å². The Bertz CT molecular complexity index is 429. The third-order valence-corrected chi connectivity index (χ3v) is 3.11. The van der Waals surface area contributed by atoms with Crippen molar-refractivity contribution >= 4 is 17.3 Å². The van der Waals surface area contributed by atoms with Crippen LogP contribution in [0.4, 0.5) is 11.4 Å². The summed E-state index contributed by atoms with van der Waals surface area (Å²) in [6.45, 7) is 4.07. The molecule has 0 heterocycles. The fraction of sp³-hybridized carbons (Fsp3) is 0.533. The minimum Gasteiger partial charge on any atom is -0.378 e. The Hall–Kier alpha value is -1.55. The maximum absolute atomic E-state index is 11.9. The molecule has 4 nitrogen and oxygen atoms in total. The second-order valence-corrected chi connectivity index (χ2v) is 5.19. The third-order valence-electron chi connectivity index (χ3n) is 3.11. The van der Waals surface area contributed by atoms with Gasteiger partial charge in [-0.05, 0) is 37.1 Å². The van der Waals surface area contributed by atoms with Crippen LogP contribution >= 0.6 is 0 Å².